The number of para-hydroxylation sites is 1. The van der Waals surface area contributed by atoms with E-state index in [4.69, 9.17) is 14.6 Å². The van der Waals surface area contributed by atoms with Crippen molar-refractivity contribution in [1.29, 1.82) is 0 Å². The van der Waals surface area contributed by atoms with E-state index in [0.717, 1.165) is 40.3 Å². The van der Waals surface area contributed by atoms with Crippen molar-refractivity contribution in [3.8, 4) is 11.5 Å². The van der Waals surface area contributed by atoms with Crippen LogP contribution in [0.15, 0.2) is 76.3 Å². The molecule has 6 heteroatoms. The Bertz CT molecular complexity index is 1120. The van der Waals surface area contributed by atoms with Gasteiger partial charge in [0.1, 0.15) is 17.3 Å². The second kappa shape index (κ2) is 7.19. The van der Waals surface area contributed by atoms with E-state index >= 15 is 0 Å². The lowest BCUT2D eigenvalue weighted by atomic mass is 9.96. The van der Waals surface area contributed by atoms with E-state index in [1.165, 1.54) is 6.07 Å². The third kappa shape index (κ3) is 3.17. The molecule has 4 nitrogen and oxygen atoms in total. The Labute approximate surface area is 176 Å². The summed E-state index contributed by atoms with van der Waals surface area (Å²) in [6.45, 7) is 0. The fraction of sp³-hybridized carbons (Fsp3) is 0.174. The van der Waals surface area contributed by atoms with E-state index in [1.807, 2.05) is 47.5 Å². The first kappa shape index (κ1) is 18.2. The summed E-state index contributed by atoms with van der Waals surface area (Å²) in [6.07, 6.45) is 0.321. The SMILES string of the molecule is COc1cccc(C2=NN3[C@H](C2)c2ccccc2O[C@@H]3c2ccc(F)c(Br)c2)c1. The highest BCUT2D eigenvalue weighted by atomic mass is 79.9. The van der Waals surface area contributed by atoms with Gasteiger partial charge in [0.15, 0.2) is 0 Å². The van der Waals surface area contributed by atoms with Crippen LogP contribution in [0.3, 0.4) is 0 Å². The molecule has 2 heterocycles. The molecule has 2 aliphatic rings. The maximum absolute atomic E-state index is 13.8. The zero-order chi connectivity index (χ0) is 20.0. The fourth-order valence-electron chi connectivity index (χ4n) is 3.90. The molecule has 5 rings (SSSR count). The molecule has 2 aliphatic heterocycles. The van der Waals surface area contributed by atoms with Gasteiger partial charge in [-0.25, -0.2) is 9.40 Å². The van der Waals surface area contributed by atoms with E-state index in [2.05, 4.69) is 22.0 Å². The van der Waals surface area contributed by atoms with Gasteiger partial charge in [0.25, 0.3) is 0 Å². The number of ether oxygens (including phenoxy) is 2. The minimum Gasteiger partial charge on any atom is -0.497 e. The molecule has 2 atom stereocenters. The lowest BCUT2D eigenvalue weighted by molar-refractivity contribution is -0.0191. The van der Waals surface area contributed by atoms with Crippen LogP contribution in [0.2, 0.25) is 0 Å². The average Bonchev–Trinajstić information content (AvgIpc) is 3.21. The minimum atomic E-state index is -0.435. The molecular weight excluding hydrogens is 435 g/mol. The Kier molecular flexibility index (Phi) is 4.51. The number of hydrogen-bond donors (Lipinski definition) is 0. The lowest BCUT2D eigenvalue weighted by Gasteiger charge is -2.38. The van der Waals surface area contributed by atoms with Crippen LogP contribution in [-0.4, -0.2) is 17.8 Å². The first-order valence-electron chi connectivity index (χ1n) is 9.35. The molecule has 146 valence electrons. The van der Waals surface area contributed by atoms with E-state index in [1.54, 1.807) is 19.2 Å². The quantitative estimate of drug-likeness (QED) is 0.500. The molecule has 3 aromatic rings. The van der Waals surface area contributed by atoms with Crippen LogP contribution >= 0.6 is 15.9 Å². The molecule has 0 radical (unpaired) electrons. The number of methoxy groups -OCH3 is 1. The van der Waals surface area contributed by atoms with Crippen LogP contribution in [0.4, 0.5) is 4.39 Å². The predicted octanol–water partition coefficient (Wildman–Crippen LogP) is 5.84. The minimum absolute atomic E-state index is 0.0509. The molecule has 0 amide bonds. The van der Waals surface area contributed by atoms with Gasteiger partial charge in [0.2, 0.25) is 6.23 Å². The van der Waals surface area contributed by atoms with Crippen molar-refractivity contribution in [1.82, 2.24) is 5.01 Å². The summed E-state index contributed by atoms with van der Waals surface area (Å²) < 4.78 is 25.9. The molecule has 0 unspecified atom stereocenters. The van der Waals surface area contributed by atoms with Crippen molar-refractivity contribution >= 4 is 21.6 Å². The van der Waals surface area contributed by atoms with Gasteiger partial charge in [0.05, 0.1) is 23.3 Å². The highest BCUT2D eigenvalue weighted by molar-refractivity contribution is 9.10. The van der Waals surface area contributed by atoms with E-state index in [-0.39, 0.29) is 11.9 Å². The Balaban J connectivity index is 1.59. The summed E-state index contributed by atoms with van der Waals surface area (Å²) in [5, 5.41) is 6.91. The van der Waals surface area contributed by atoms with Gasteiger partial charge >= 0.3 is 0 Å². The fourth-order valence-corrected chi connectivity index (χ4v) is 4.29. The number of hydrogen-bond acceptors (Lipinski definition) is 4. The number of fused-ring (bicyclic) bond motifs is 3. The van der Waals surface area contributed by atoms with Crippen molar-refractivity contribution in [3.63, 3.8) is 0 Å². The maximum Gasteiger partial charge on any atom is 0.213 e. The molecule has 0 saturated heterocycles. The number of hydrazone groups is 1. The lowest BCUT2D eigenvalue weighted by Crippen LogP contribution is -2.33. The van der Waals surface area contributed by atoms with E-state index < -0.39 is 6.23 Å². The Morgan fingerprint density at radius 1 is 1.10 bits per heavy atom. The molecule has 0 spiro atoms. The Morgan fingerprint density at radius 2 is 1.97 bits per heavy atom. The second-order valence-electron chi connectivity index (χ2n) is 7.06. The monoisotopic (exact) mass is 452 g/mol. The molecule has 0 aliphatic carbocycles. The van der Waals surface area contributed by atoms with Gasteiger partial charge in [0, 0.05) is 23.1 Å². The summed E-state index contributed by atoms with van der Waals surface area (Å²) >= 11 is 3.28. The second-order valence-corrected chi connectivity index (χ2v) is 7.91. The highest BCUT2D eigenvalue weighted by Crippen LogP contribution is 2.47. The Hall–Kier alpha value is -2.86. The topological polar surface area (TPSA) is 34.1 Å². The first-order chi connectivity index (χ1) is 14.1. The van der Waals surface area contributed by atoms with Crippen molar-refractivity contribution in [3.05, 3.63) is 93.7 Å². The summed E-state index contributed by atoms with van der Waals surface area (Å²) in [7, 11) is 1.66. The van der Waals surface area contributed by atoms with Crippen molar-refractivity contribution in [2.24, 2.45) is 5.10 Å². The van der Waals surface area contributed by atoms with Crippen LogP contribution in [0.25, 0.3) is 0 Å². The largest absolute Gasteiger partial charge is 0.497 e. The van der Waals surface area contributed by atoms with Crippen LogP contribution in [0, 0.1) is 5.82 Å². The standard InChI is InChI=1S/C23H18BrFN2O2/c1-28-16-6-4-5-14(11-16)20-13-21-17-7-2-3-8-22(17)29-23(27(21)26-20)15-9-10-19(25)18(24)12-15/h2-12,21,23H,13H2,1H3/t21-,23-/m1/s1. The molecule has 0 fully saturated rings. The summed E-state index contributed by atoms with van der Waals surface area (Å²) in [6, 6.07) is 20.9. The van der Waals surface area contributed by atoms with Crippen LogP contribution < -0.4 is 9.47 Å². The average molecular weight is 453 g/mol. The van der Waals surface area contributed by atoms with Gasteiger partial charge < -0.3 is 9.47 Å². The van der Waals surface area contributed by atoms with Gasteiger partial charge in [-0.2, -0.15) is 5.10 Å². The molecule has 0 bridgehead atoms. The van der Waals surface area contributed by atoms with Gasteiger partial charge in [-0.15, -0.1) is 0 Å². The molecule has 0 N–H and O–H groups in total. The first-order valence-corrected chi connectivity index (χ1v) is 10.1. The van der Waals surface area contributed by atoms with Crippen molar-refractivity contribution in [2.45, 2.75) is 18.7 Å². The molecule has 29 heavy (non-hydrogen) atoms. The number of halogens is 2. The van der Waals surface area contributed by atoms with E-state index in [0.29, 0.717) is 4.47 Å². The molecular formula is C23H18BrFN2O2. The zero-order valence-corrected chi connectivity index (χ0v) is 17.3. The summed E-state index contributed by atoms with van der Waals surface area (Å²) in [5.41, 5.74) is 3.94. The number of benzene rings is 3. The van der Waals surface area contributed by atoms with Gasteiger partial charge in [-0.1, -0.05) is 36.4 Å². The van der Waals surface area contributed by atoms with Crippen molar-refractivity contribution < 1.29 is 13.9 Å². The van der Waals surface area contributed by atoms with Gasteiger partial charge in [-0.05, 0) is 46.3 Å². The molecule has 0 aromatic heterocycles. The number of nitrogens with zero attached hydrogens (tertiary/aromatic N) is 2. The summed E-state index contributed by atoms with van der Waals surface area (Å²) in [5.74, 6) is 1.33. The molecule has 3 aromatic carbocycles. The molecule has 0 saturated carbocycles. The summed E-state index contributed by atoms with van der Waals surface area (Å²) in [4.78, 5) is 0. The smallest absolute Gasteiger partial charge is 0.213 e. The zero-order valence-electron chi connectivity index (χ0n) is 15.7. The van der Waals surface area contributed by atoms with Crippen molar-refractivity contribution in [2.75, 3.05) is 7.11 Å². The third-order valence-corrected chi connectivity index (χ3v) is 5.94. The predicted molar refractivity (Wildman–Crippen MR) is 113 cm³/mol. The Morgan fingerprint density at radius 3 is 2.79 bits per heavy atom. The highest BCUT2D eigenvalue weighted by Gasteiger charge is 2.41. The maximum atomic E-state index is 13.8. The normalized spacial score (nSPS) is 19.8. The van der Waals surface area contributed by atoms with E-state index in [9.17, 15) is 4.39 Å². The van der Waals surface area contributed by atoms with Crippen LogP contribution in [0.1, 0.15) is 35.4 Å². The van der Waals surface area contributed by atoms with Gasteiger partial charge in [-0.3, -0.25) is 0 Å². The third-order valence-electron chi connectivity index (χ3n) is 5.33. The van der Waals surface area contributed by atoms with Crippen LogP contribution in [-0.2, 0) is 0 Å². The number of rotatable bonds is 3. The van der Waals surface area contributed by atoms with Crippen LogP contribution in [0.5, 0.6) is 11.5 Å².